The predicted octanol–water partition coefficient (Wildman–Crippen LogP) is 4.58. The fraction of sp³-hybridized carbons (Fsp3) is 0.464. The molecule has 1 aliphatic carbocycles. The molecule has 2 aromatic carbocycles. The SMILES string of the molecule is C/C(=C/N)N(N)C(c1cccc(N2Cc3c(cc(CNC4(C)CCC4)cc3C(F)(F)F)C2=O)c1)C1COC1. The molecule has 1 saturated carbocycles. The lowest BCUT2D eigenvalue weighted by atomic mass is 9.78. The number of hydrazine groups is 1. The van der Waals surface area contributed by atoms with E-state index in [4.69, 9.17) is 16.3 Å². The van der Waals surface area contributed by atoms with Crippen molar-refractivity contribution in [3.8, 4) is 0 Å². The molecule has 1 atom stereocenters. The number of nitrogens with two attached hydrogens (primary N) is 2. The van der Waals surface area contributed by atoms with Gasteiger partial charge in [0.2, 0.25) is 0 Å². The zero-order chi connectivity index (χ0) is 27.2. The molecule has 5 N–H and O–H groups in total. The lowest BCUT2D eigenvalue weighted by molar-refractivity contribution is -0.138. The Morgan fingerprint density at radius 2 is 2.03 bits per heavy atom. The number of benzene rings is 2. The van der Waals surface area contributed by atoms with E-state index < -0.39 is 17.6 Å². The summed E-state index contributed by atoms with van der Waals surface area (Å²) in [5, 5.41) is 4.95. The molecule has 0 aromatic heterocycles. The first-order chi connectivity index (χ1) is 18.0. The number of ether oxygens (including phenoxy) is 1. The third kappa shape index (κ3) is 4.88. The van der Waals surface area contributed by atoms with Crippen LogP contribution in [0.4, 0.5) is 18.9 Å². The molecule has 1 unspecified atom stereocenters. The highest BCUT2D eigenvalue weighted by atomic mass is 19.4. The Morgan fingerprint density at radius 1 is 1.29 bits per heavy atom. The van der Waals surface area contributed by atoms with Crippen LogP contribution in [0.3, 0.4) is 0 Å². The summed E-state index contributed by atoms with van der Waals surface area (Å²) in [6.45, 7) is 5.06. The maximum atomic E-state index is 14.1. The van der Waals surface area contributed by atoms with Gasteiger partial charge in [-0.05, 0) is 74.1 Å². The van der Waals surface area contributed by atoms with Crippen LogP contribution < -0.4 is 21.8 Å². The van der Waals surface area contributed by atoms with Crippen LogP contribution in [0.1, 0.15) is 71.8 Å². The minimum absolute atomic E-state index is 0.0119. The van der Waals surface area contributed by atoms with Crippen molar-refractivity contribution in [3.05, 3.63) is 76.1 Å². The molecule has 2 aromatic rings. The number of hydrogen-bond donors (Lipinski definition) is 3. The maximum absolute atomic E-state index is 14.1. The highest BCUT2D eigenvalue weighted by Crippen LogP contribution is 2.41. The second-order valence-electron chi connectivity index (χ2n) is 10.9. The first-order valence-corrected chi connectivity index (χ1v) is 12.9. The van der Waals surface area contributed by atoms with E-state index in [0.717, 1.165) is 24.8 Å². The van der Waals surface area contributed by atoms with Gasteiger partial charge < -0.3 is 25.7 Å². The summed E-state index contributed by atoms with van der Waals surface area (Å²) in [4.78, 5) is 14.9. The van der Waals surface area contributed by atoms with E-state index in [1.165, 1.54) is 17.2 Å². The highest BCUT2D eigenvalue weighted by Gasteiger charge is 2.41. The molecular weight excluding hydrogens is 495 g/mol. The van der Waals surface area contributed by atoms with Gasteiger partial charge >= 0.3 is 6.18 Å². The summed E-state index contributed by atoms with van der Waals surface area (Å²) in [6, 6.07) is 9.78. The van der Waals surface area contributed by atoms with Gasteiger partial charge in [-0.2, -0.15) is 13.2 Å². The van der Waals surface area contributed by atoms with Gasteiger partial charge in [-0.15, -0.1) is 0 Å². The van der Waals surface area contributed by atoms with E-state index >= 15 is 0 Å². The highest BCUT2D eigenvalue weighted by molar-refractivity contribution is 6.10. The molecule has 5 rings (SSSR count). The van der Waals surface area contributed by atoms with Crippen LogP contribution >= 0.6 is 0 Å². The van der Waals surface area contributed by atoms with Crippen LogP contribution in [0.5, 0.6) is 0 Å². The molecule has 0 radical (unpaired) electrons. The fourth-order valence-corrected chi connectivity index (χ4v) is 5.51. The van der Waals surface area contributed by atoms with Gasteiger partial charge in [0.25, 0.3) is 5.91 Å². The molecule has 204 valence electrons. The second kappa shape index (κ2) is 9.91. The molecule has 38 heavy (non-hydrogen) atoms. The summed E-state index contributed by atoms with van der Waals surface area (Å²) >= 11 is 0. The van der Waals surface area contributed by atoms with Crippen molar-refractivity contribution < 1.29 is 22.7 Å². The van der Waals surface area contributed by atoms with Crippen molar-refractivity contribution in [3.63, 3.8) is 0 Å². The van der Waals surface area contributed by atoms with Gasteiger partial charge in [-0.3, -0.25) is 4.79 Å². The topological polar surface area (TPSA) is 96.9 Å². The van der Waals surface area contributed by atoms with Crippen molar-refractivity contribution in [1.82, 2.24) is 10.3 Å². The minimum Gasteiger partial charge on any atom is -0.403 e. The third-order valence-electron chi connectivity index (χ3n) is 8.17. The Kier molecular flexibility index (Phi) is 6.91. The molecule has 2 aliphatic heterocycles. The molecule has 1 saturated heterocycles. The lowest BCUT2D eigenvalue weighted by Gasteiger charge is -2.40. The molecule has 1 amide bonds. The first-order valence-electron chi connectivity index (χ1n) is 12.9. The number of fused-ring (bicyclic) bond motifs is 1. The van der Waals surface area contributed by atoms with Crippen LogP contribution in [0.25, 0.3) is 0 Å². The van der Waals surface area contributed by atoms with Crippen molar-refractivity contribution in [2.24, 2.45) is 17.5 Å². The third-order valence-corrected chi connectivity index (χ3v) is 8.17. The average molecular weight is 530 g/mol. The summed E-state index contributed by atoms with van der Waals surface area (Å²) in [7, 11) is 0. The quantitative estimate of drug-likeness (QED) is 0.342. The molecule has 2 fully saturated rings. The average Bonchev–Trinajstić information content (AvgIpc) is 3.17. The second-order valence-corrected chi connectivity index (χ2v) is 10.9. The zero-order valence-corrected chi connectivity index (χ0v) is 21.6. The van der Waals surface area contributed by atoms with Crippen molar-refractivity contribution in [2.45, 2.75) is 64.0 Å². The Bertz CT molecular complexity index is 1250. The monoisotopic (exact) mass is 529 g/mol. The molecule has 7 nitrogen and oxygen atoms in total. The summed E-state index contributed by atoms with van der Waals surface area (Å²) in [5.41, 5.74) is 7.48. The van der Waals surface area contributed by atoms with Crippen LogP contribution in [0.2, 0.25) is 0 Å². The molecule has 3 aliphatic rings. The lowest BCUT2D eigenvalue weighted by Crippen LogP contribution is -2.47. The van der Waals surface area contributed by atoms with Crippen molar-refractivity contribution >= 4 is 11.6 Å². The van der Waals surface area contributed by atoms with Crippen LogP contribution in [0, 0.1) is 5.92 Å². The van der Waals surface area contributed by atoms with E-state index in [9.17, 15) is 18.0 Å². The number of rotatable bonds is 8. The Labute approximate surface area is 220 Å². The number of nitrogens with zero attached hydrogens (tertiary/aromatic N) is 2. The van der Waals surface area contributed by atoms with E-state index in [1.807, 2.05) is 12.1 Å². The van der Waals surface area contributed by atoms with E-state index in [2.05, 4.69) is 12.2 Å². The van der Waals surface area contributed by atoms with Gasteiger partial charge in [0.15, 0.2) is 0 Å². The van der Waals surface area contributed by atoms with Crippen LogP contribution in [-0.4, -0.2) is 29.7 Å². The Hall–Kier alpha value is -3.08. The Balaban J connectivity index is 1.46. The largest absolute Gasteiger partial charge is 0.416 e. The molecule has 10 heteroatoms. The van der Waals surface area contributed by atoms with Gasteiger partial charge in [0.05, 0.1) is 31.4 Å². The summed E-state index contributed by atoms with van der Waals surface area (Å²) in [6.07, 6.45) is -0.0655. The first kappa shape index (κ1) is 26.5. The molecule has 0 bridgehead atoms. The van der Waals surface area contributed by atoms with E-state index in [0.29, 0.717) is 30.2 Å². The number of allylic oxidation sites excluding steroid dienone is 1. The molecular formula is C28H34F3N5O2. The number of carbonyl (C=O) groups is 1. The zero-order valence-electron chi connectivity index (χ0n) is 21.6. The number of hydrogen-bond acceptors (Lipinski definition) is 6. The van der Waals surface area contributed by atoms with Crippen LogP contribution in [-0.2, 0) is 24.0 Å². The normalized spacial score (nSPS) is 20.1. The standard InChI is InChI=1S/C28H34F3N5O2/c1-17(12-32)36(33)25(20-15-38-16-20)19-5-3-6-21(11-19)35-14-23-22(26(35)37)9-18(10-24(23)28(29,30)31)13-34-27(2)7-4-8-27/h3,5-6,9-12,20,25,34H,4,7-8,13-16,32-33H2,1-2H3/b17-12-. The van der Waals surface area contributed by atoms with Gasteiger partial charge in [-0.1, -0.05) is 12.1 Å². The fourth-order valence-electron chi connectivity index (χ4n) is 5.51. The summed E-state index contributed by atoms with van der Waals surface area (Å²) in [5.74, 6) is 6.06. The van der Waals surface area contributed by atoms with Crippen molar-refractivity contribution in [2.75, 3.05) is 18.1 Å². The smallest absolute Gasteiger partial charge is 0.403 e. The minimum atomic E-state index is -4.57. The number of halogens is 3. The van der Waals surface area contributed by atoms with Crippen LogP contribution in [0.15, 0.2) is 48.3 Å². The van der Waals surface area contributed by atoms with E-state index in [1.54, 1.807) is 30.1 Å². The van der Waals surface area contributed by atoms with Gasteiger partial charge in [0, 0.05) is 41.1 Å². The maximum Gasteiger partial charge on any atom is 0.416 e. The number of anilines is 1. The van der Waals surface area contributed by atoms with Gasteiger partial charge in [0.1, 0.15) is 0 Å². The summed E-state index contributed by atoms with van der Waals surface area (Å²) < 4.78 is 47.8. The predicted molar refractivity (Wildman–Crippen MR) is 139 cm³/mol. The van der Waals surface area contributed by atoms with Crippen molar-refractivity contribution in [1.29, 1.82) is 0 Å². The Morgan fingerprint density at radius 3 is 2.61 bits per heavy atom. The number of alkyl halides is 3. The van der Waals surface area contributed by atoms with Gasteiger partial charge in [-0.25, -0.2) is 5.84 Å². The molecule has 0 spiro atoms. The number of nitrogens with one attached hydrogen (secondary N) is 1. The number of amides is 1. The number of carbonyl (C=O) groups excluding carboxylic acids is 1. The van der Waals surface area contributed by atoms with E-state index in [-0.39, 0.29) is 41.7 Å². The molecule has 2 heterocycles.